The summed E-state index contributed by atoms with van der Waals surface area (Å²) in [4.78, 5) is 24.9. The highest BCUT2D eigenvalue weighted by molar-refractivity contribution is 7.90. The smallest absolute Gasteiger partial charge is 0.375 e. The van der Waals surface area contributed by atoms with Gasteiger partial charge in [0.25, 0.3) is 5.91 Å². The number of amides is 1. The predicted octanol–water partition coefficient (Wildman–Crippen LogP) is 3.13. The number of carbonyl (C=O) groups is 2. The van der Waals surface area contributed by atoms with E-state index in [9.17, 15) is 18.0 Å². The number of esters is 1. The van der Waals surface area contributed by atoms with Gasteiger partial charge in [0.05, 0.1) is 19.1 Å². The number of methoxy groups -OCH3 is 2. The van der Waals surface area contributed by atoms with Crippen LogP contribution in [0.1, 0.15) is 28.8 Å². The zero-order valence-electron chi connectivity index (χ0n) is 18.9. The molecule has 1 N–H and O–H groups in total. The lowest BCUT2D eigenvalue weighted by atomic mass is 10.2. The van der Waals surface area contributed by atoms with Crippen molar-refractivity contribution in [2.75, 3.05) is 14.2 Å². The molecule has 0 radical (unpaired) electrons. The minimum Gasteiger partial charge on any atom is -0.493 e. The minimum atomic E-state index is -3.63. The van der Waals surface area contributed by atoms with Crippen LogP contribution in [0.2, 0.25) is 0 Å². The van der Waals surface area contributed by atoms with Crippen molar-refractivity contribution in [3.8, 4) is 11.5 Å². The van der Waals surface area contributed by atoms with Gasteiger partial charge < -0.3 is 23.9 Å². The molecule has 3 rings (SSSR count). The fraction of sp³-hybridized carbons (Fsp3) is 0.250. The van der Waals surface area contributed by atoms with Crippen molar-refractivity contribution in [3.63, 3.8) is 0 Å². The Morgan fingerprint density at radius 2 is 1.68 bits per heavy atom. The first kappa shape index (κ1) is 24.8. The lowest BCUT2D eigenvalue weighted by Gasteiger charge is -2.14. The third kappa shape index (κ3) is 6.16. The summed E-state index contributed by atoms with van der Waals surface area (Å²) in [5.74, 6) is -0.824. The van der Waals surface area contributed by atoms with E-state index in [0.717, 1.165) is 5.56 Å². The van der Waals surface area contributed by atoms with E-state index >= 15 is 0 Å². The molecule has 0 fully saturated rings. The van der Waals surface area contributed by atoms with Gasteiger partial charge in [-0.2, -0.15) is 0 Å². The number of rotatable bonds is 10. The van der Waals surface area contributed by atoms with Gasteiger partial charge in [0.1, 0.15) is 11.5 Å². The van der Waals surface area contributed by atoms with Gasteiger partial charge in [0, 0.05) is 6.54 Å². The van der Waals surface area contributed by atoms with Gasteiger partial charge in [0.2, 0.25) is 5.76 Å². The maximum absolute atomic E-state index is 12.5. The third-order valence-electron chi connectivity index (χ3n) is 4.87. The normalized spacial score (nSPS) is 12.0. The molecule has 0 aliphatic carbocycles. The van der Waals surface area contributed by atoms with E-state index in [1.807, 2.05) is 0 Å². The molecular formula is C24H25NO8S. The molecule has 0 aliphatic rings. The van der Waals surface area contributed by atoms with Crippen LogP contribution in [0.5, 0.6) is 11.5 Å². The number of sulfone groups is 1. The molecule has 0 spiro atoms. The van der Waals surface area contributed by atoms with Gasteiger partial charge in [-0.3, -0.25) is 4.79 Å². The number of hydrogen-bond acceptors (Lipinski definition) is 8. The highest BCUT2D eigenvalue weighted by Crippen LogP contribution is 2.27. The van der Waals surface area contributed by atoms with Crippen molar-refractivity contribution in [1.29, 1.82) is 0 Å². The molecule has 3 aromatic rings. The Bertz CT molecular complexity index is 1250. The number of hydrogen-bond donors (Lipinski definition) is 1. The average molecular weight is 488 g/mol. The van der Waals surface area contributed by atoms with Gasteiger partial charge >= 0.3 is 5.97 Å². The minimum absolute atomic E-state index is 0.0846. The van der Waals surface area contributed by atoms with Crippen molar-refractivity contribution in [3.05, 3.63) is 77.7 Å². The highest BCUT2D eigenvalue weighted by atomic mass is 32.2. The summed E-state index contributed by atoms with van der Waals surface area (Å²) in [5, 5.41) is 2.68. The molecule has 2 aromatic carbocycles. The topological polar surface area (TPSA) is 121 Å². The number of benzene rings is 2. The van der Waals surface area contributed by atoms with Gasteiger partial charge in [0.15, 0.2) is 27.4 Å². The summed E-state index contributed by atoms with van der Waals surface area (Å²) in [7, 11) is -0.592. The van der Waals surface area contributed by atoms with Gasteiger partial charge in [-0.1, -0.05) is 24.3 Å². The van der Waals surface area contributed by atoms with E-state index in [4.69, 9.17) is 18.6 Å². The molecule has 34 heavy (non-hydrogen) atoms. The second-order valence-corrected chi connectivity index (χ2v) is 9.28. The number of nitrogens with one attached hydrogen (secondary N) is 1. The Labute approximate surface area is 197 Å². The molecular weight excluding hydrogens is 462 g/mol. The highest BCUT2D eigenvalue weighted by Gasteiger charge is 2.23. The van der Waals surface area contributed by atoms with Crippen LogP contribution in [0.25, 0.3) is 0 Å². The van der Waals surface area contributed by atoms with Crippen molar-refractivity contribution in [2.45, 2.75) is 30.2 Å². The monoisotopic (exact) mass is 487 g/mol. The Morgan fingerprint density at radius 1 is 0.971 bits per heavy atom. The number of carbonyl (C=O) groups excluding carboxylic acids is 2. The van der Waals surface area contributed by atoms with E-state index in [2.05, 4.69) is 5.32 Å². The summed E-state index contributed by atoms with van der Waals surface area (Å²) in [5.41, 5.74) is 0.764. The van der Waals surface area contributed by atoms with E-state index < -0.39 is 33.6 Å². The van der Waals surface area contributed by atoms with Gasteiger partial charge in [-0.15, -0.1) is 0 Å². The second-order valence-electron chi connectivity index (χ2n) is 7.29. The Balaban J connectivity index is 1.55. The molecule has 10 heteroatoms. The summed E-state index contributed by atoms with van der Waals surface area (Å²) >= 11 is 0. The maximum Gasteiger partial charge on any atom is 0.375 e. The average Bonchev–Trinajstić information content (AvgIpc) is 3.30. The molecule has 0 saturated heterocycles. The first-order valence-corrected chi connectivity index (χ1v) is 11.9. The Hall–Kier alpha value is -3.79. The molecule has 1 aromatic heterocycles. The summed E-state index contributed by atoms with van der Waals surface area (Å²) in [6.45, 7) is 1.61. The molecule has 0 bridgehead atoms. The number of ether oxygens (including phenoxy) is 3. The largest absolute Gasteiger partial charge is 0.493 e. The lowest BCUT2D eigenvalue weighted by molar-refractivity contribution is -0.129. The molecule has 1 atom stereocenters. The van der Waals surface area contributed by atoms with E-state index in [-0.39, 0.29) is 23.0 Å². The first-order valence-electron chi connectivity index (χ1n) is 10.3. The van der Waals surface area contributed by atoms with Crippen molar-refractivity contribution >= 4 is 21.7 Å². The second kappa shape index (κ2) is 10.9. The van der Waals surface area contributed by atoms with Crippen LogP contribution < -0.4 is 14.8 Å². The van der Waals surface area contributed by atoms with E-state index in [1.54, 1.807) is 36.4 Å². The SMILES string of the molecule is COc1ccc(CNC(=O)C(C)OC(=O)c2ccc(CS(=O)(=O)c3ccccc3)o2)cc1OC. The van der Waals surface area contributed by atoms with Crippen LogP contribution in [0.4, 0.5) is 0 Å². The van der Waals surface area contributed by atoms with E-state index in [0.29, 0.717) is 11.5 Å². The van der Waals surface area contributed by atoms with Crippen molar-refractivity contribution in [1.82, 2.24) is 5.32 Å². The van der Waals surface area contributed by atoms with Crippen LogP contribution >= 0.6 is 0 Å². The lowest BCUT2D eigenvalue weighted by Crippen LogP contribution is -2.35. The van der Waals surface area contributed by atoms with Crippen LogP contribution in [0.15, 0.2) is 70.0 Å². The summed E-state index contributed by atoms with van der Waals surface area (Å²) < 4.78 is 45.9. The molecule has 9 nitrogen and oxygen atoms in total. The molecule has 0 saturated carbocycles. The van der Waals surface area contributed by atoms with E-state index in [1.165, 1.54) is 45.4 Å². The zero-order chi connectivity index (χ0) is 24.7. The van der Waals surface area contributed by atoms with Crippen LogP contribution in [-0.4, -0.2) is 40.6 Å². The fourth-order valence-corrected chi connectivity index (χ4v) is 4.33. The third-order valence-corrected chi connectivity index (χ3v) is 6.52. The molecule has 1 unspecified atom stereocenters. The molecule has 1 heterocycles. The Morgan fingerprint density at radius 3 is 2.35 bits per heavy atom. The van der Waals surface area contributed by atoms with Crippen molar-refractivity contribution < 1.29 is 36.6 Å². The Kier molecular flexibility index (Phi) is 7.95. The zero-order valence-corrected chi connectivity index (χ0v) is 19.8. The first-order chi connectivity index (χ1) is 16.2. The van der Waals surface area contributed by atoms with Gasteiger partial charge in [-0.25, -0.2) is 13.2 Å². The number of furan rings is 1. The van der Waals surface area contributed by atoms with Crippen molar-refractivity contribution in [2.24, 2.45) is 0 Å². The summed E-state index contributed by atoms with van der Waals surface area (Å²) in [6, 6.07) is 15.8. The molecule has 1 amide bonds. The van der Waals surface area contributed by atoms with Crippen LogP contribution in [-0.2, 0) is 31.7 Å². The fourth-order valence-electron chi connectivity index (χ4n) is 3.06. The summed E-state index contributed by atoms with van der Waals surface area (Å²) in [6.07, 6.45) is -1.10. The van der Waals surface area contributed by atoms with Crippen LogP contribution in [0, 0.1) is 0 Å². The van der Waals surface area contributed by atoms with Crippen LogP contribution in [0.3, 0.4) is 0 Å². The standard InChI is InChI=1S/C24H25NO8S/c1-16(23(26)25-14-17-9-11-20(30-2)22(13-17)31-3)32-24(27)21-12-10-18(33-21)15-34(28,29)19-7-5-4-6-8-19/h4-13,16H,14-15H2,1-3H3,(H,25,26). The molecule has 0 aliphatic heterocycles. The van der Waals surface area contributed by atoms with Gasteiger partial charge in [-0.05, 0) is 48.9 Å². The predicted molar refractivity (Wildman–Crippen MR) is 122 cm³/mol. The quantitative estimate of drug-likeness (QED) is 0.433. The maximum atomic E-state index is 12.5. The molecule has 180 valence electrons.